The van der Waals surface area contributed by atoms with Crippen molar-refractivity contribution in [2.75, 3.05) is 0 Å². The van der Waals surface area contributed by atoms with Crippen molar-refractivity contribution < 1.29 is 0 Å². The van der Waals surface area contributed by atoms with Crippen molar-refractivity contribution in [2.45, 2.75) is 6.92 Å². The van der Waals surface area contributed by atoms with Gasteiger partial charge in [-0.25, -0.2) is 4.98 Å². The zero-order valence-electron chi connectivity index (χ0n) is 13.8. The molecular weight excluding hydrogens is 292 g/mol. The Labute approximate surface area is 142 Å². The number of para-hydroxylation sites is 2. The lowest BCUT2D eigenvalue weighted by Crippen LogP contribution is -1.99. The van der Waals surface area contributed by atoms with Gasteiger partial charge in [-0.1, -0.05) is 67.8 Å². The van der Waals surface area contributed by atoms with Gasteiger partial charge in [-0.2, -0.15) is 0 Å². The molecule has 118 valence electrons. The molecule has 2 heteroatoms. The molecule has 0 saturated carbocycles. The number of fused-ring (bicyclic) bond motifs is 1. The number of benzene rings is 2. The Balaban J connectivity index is 2.36. The summed E-state index contributed by atoms with van der Waals surface area (Å²) in [6.45, 7) is 9.72. The highest BCUT2D eigenvalue weighted by Crippen LogP contribution is 2.30. The summed E-state index contributed by atoms with van der Waals surface area (Å²) in [5, 5.41) is 0. The number of hydrogen-bond donors (Lipinski definition) is 0. The summed E-state index contributed by atoms with van der Waals surface area (Å²) in [7, 11) is 0. The van der Waals surface area contributed by atoms with Crippen molar-refractivity contribution in [3.8, 4) is 11.4 Å². The van der Waals surface area contributed by atoms with Crippen LogP contribution in [0.5, 0.6) is 0 Å². The minimum atomic E-state index is 0.927. The molecule has 0 N–H and O–H groups in total. The number of imidazole rings is 1. The second-order valence-electron chi connectivity index (χ2n) is 5.50. The summed E-state index contributed by atoms with van der Waals surface area (Å²) in [6.07, 6.45) is 9.48. The molecule has 24 heavy (non-hydrogen) atoms. The third-order valence-electron chi connectivity index (χ3n) is 3.90. The molecule has 0 radical (unpaired) electrons. The lowest BCUT2D eigenvalue weighted by atomic mass is 10.1. The monoisotopic (exact) mass is 312 g/mol. The molecule has 1 aromatic heterocycles. The molecule has 0 fully saturated rings. The second kappa shape index (κ2) is 6.97. The van der Waals surface area contributed by atoms with E-state index in [0.717, 1.165) is 28.1 Å². The van der Waals surface area contributed by atoms with Crippen LogP contribution in [0.2, 0.25) is 0 Å². The Morgan fingerprint density at radius 2 is 1.75 bits per heavy atom. The zero-order chi connectivity index (χ0) is 16.9. The van der Waals surface area contributed by atoms with E-state index >= 15 is 0 Å². The maximum Gasteiger partial charge on any atom is 0.145 e. The van der Waals surface area contributed by atoms with Gasteiger partial charge in [-0.05, 0) is 36.8 Å². The van der Waals surface area contributed by atoms with Gasteiger partial charge in [-0.15, -0.1) is 0 Å². The fourth-order valence-corrected chi connectivity index (χ4v) is 2.78. The Hall–Kier alpha value is -3.13. The highest BCUT2D eigenvalue weighted by molar-refractivity contribution is 5.87. The van der Waals surface area contributed by atoms with Gasteiger partial charge in [-0.3, -0.25) is 4.57 Å². The van der Waals surface area contributed by atoms with Crippen LogP contribution in [-0.4, -0.2) is 9.55 Å². The fourth-order valence-electron chi connectivity index (χ4n) is 2.78. The number of aryl methyl sites for hydroxylation is 1. The minimum absolute atomic E-state index is 0.927. The lowest BCUT2D eigenvalue weighted by Gasteiger charge is -2.12. The van der Waals surface area contributed by atoms with E-state index in [1.54, 1.807) is 12.2 Å². The van der Waals surface area contributed by atoms with Gasteiger partial charge in [0.25, 0.3) is 0 Å². The van der Waals surface area contributed by atoms with Crippen molar-refractivity contribution in [3.63, 3.8) is 0 Å². The first-order valence-corrected chi connectivity index (χ1v) is 7.92. The molecule has 0 aliphatic rings. The summed E-state index contributed by atoms with van der Waals surface area (Å²) in [6, 6.07) is 16.5. The summed E-state index contributed by atoms with van der Waals surface area (Å²) in [5.41, 5.74) is 5.35. The predicted octanol–water partition coefficient (Wildman–Crippen LogP) is 5.78. The maximum absolute atomic E-state index is 4.88. The summed E-state index contributed by atoms with van der Waals surface area (Å²) in [4.78, 5) is 4.88. The predicted molar refractivity (Wildman–Crippen MR) is 104 cm³/mol. The third-order valence-corrected chi connectivity index (χ3v) is 3.90. The van der Waals surface area contributed by atoms with E-state index < -0.39 is 0 Å². The smallest absolute Gasteiger partial charge is 0.145 e. The molecule has 0 aliphatic heterocycles. The molecule has 3 rings (SSSR count). The highest BCUT2D eigenvalue weighted by atomic mass is 15.1. The lowest BCUT2D eigenvalue weighted by molar-refractivity contribution is 1.14. The largest absolute Gasteiger partial charge is 0.292 e. The Morgan fingerprint density at radius 1 is 1.00 bits per heavy atom. The molecule has 0 amide bonds. The number of rotatable bonds is 5. The Kier molecular flexibility index (Phi) is 4.57. The highest BCUT2D eigenvalue weighted by Gasteiger charge is 2.15. The van der Waals surface area contributed by atoms with Crippen LogP contribution in [0.25, 0.3) is 28.1 Å². The second-order valence-corrected chi connectivity index (χ2v) is 5.50. The van der Waals surface area contributed by atoms with Crippen molar-refractivity contribution in [2.24, 2.45) is 0 Å². The van der Waals surface area contributed by atoms with Crippen LogP contribution in [0.4, 0.5) is 0 Å². The normalized spacial score (nSPS) is 12.0. The van der Waals surface area contributed by atoms with Gasteiger partial charge >= 0.3 is 0 Å². The van der Waals surface area contributed by atoms with E-state index in [1.807, 2.05) is 48.6 Å². The molecule has 3 aromatic rings. The van der Waals surface area contributed by atoms with E-state index in [-0.39, 0.29) is 0 Å². The van der Waals surface area contributed by atoms with Gasteiger partial charge in [0.2, 0.25) is 0 Å². The summed E-state index contributed by atoms with van der Waals surface area (Å²) < 4.78 is 2.17. The molecule has 0 atom stereocenters. The van der Waals surface area contributed by atoms with Gasteiger partial charge in [0, 0.05) is 11.3 Å². The van der Waals surface area contributed by atoms with Crippen LogP contribution in [-0.2, 0) is 0 Å². The van der Waals surface area contributed by atoms with E-state index in [1.165, 1.54) is 5.56 Å². The van der Waals surface area contributed by atoms with E-state index in [2.05, 4.69) is 42.8 Å². The Bertz CT molecular complexity index is 955. The standard InChI is InChI=1S/C22H20N2/c1-4-6-13-18(11-5-2)24-21-16-10-9-15-20(21)23-22(24)19-14-8-7-12-17(19)3/h4-16H,1-2H2,3H3/b13-6-,18-11+. The molecule has 2 aromatic carbocycles. The SMILES string of the molecule is C=C/C=C\C(=C/C=C)n1c(-c2ccccc2C)nc2ccccc21. The van der Waals surface area contributed by atoms with Gasteiger partial charge in [0.15, 0.2) is 0 Å². The van der Waals surface area contributed by atoms with E-state index in [4.69, 9.17) is 4.98 Å². The average Bonchev–Trinajstić information content (AvgIpc) is 2.98. The van der Waals surface area contributed by atoms with Crippen LogP contribution in [0.3, 0.4) is 0 Å². The van der Waals surface area contributed by atoms with Crippen molar-refractivity contribution >= 4 is 16.7 Å². The minimum Gasteiger partial charge on any atom is -0.292 e. The van der Waals surface area contributed by atoms with Crippen LogP contribution in [0.15, 0.2) is 92.1 Å². The van der Waals surface area contributed by atoms with Gasteiger partial charge in [0.05, 0.1) is 11.0 Å². The summed E-state index contributed by atoms with van der Waals surface area (Å²) >= 11 is 0. The first kappa shape index (κ1) is 15.8. The molecule has 0 bridgehead atoms. The fraction of sp³-hybridized carbons (Fsp3) is 0.0455. The molecule has 0 saturated heterocycles. The molecule has 2 nitrogen and oxygen atoms in total. The number of allylic oxidation sites excluding steroid dienone is 6. The topological polar surface area (TPSA) is 17.8 Å². The van der Waals surface area contributed by atoms with E-state index in [9.17, 15) is 0 Å². The van der Waals surface area contributed by atoms with Crippen LogP contribution in [0.1, 0.15) is 5.56 Å². The zero-order valence-corrected chi connectivity index (χ0v) is 13.8. The van der Waals surface area contributed by atoms with Crippen molar-refractivity contribution in [3.05, 3.63) is 97.6 Å². The molecule has 1 heterocycles. The molecule has 0 aliphatic carbocycles. The number of aromatic nitrogens is 2. The van der Waals surface area contributed by atoms with Gasteiger partial charge < -0.3 is 0 Å². The quantitative estimate of drug-likeness (QED) is 0.546. The molecule has 0 spiro atoms. The number of hydrogen-bond acceptors (Lipinski definition) is 1. The average molecular weight is 312 g/mol. The maximum atomic E-state index is 4.88. The van der Waals surface area contributed by atoms with Crippen molar-refractivity contribution in [1.29, 1.82) is 0 Å². The molecule has 0 unspecified atom stereocenters. The van der Waals surface area contributed by atoms with Crippen LogP contribution >= 0.6 is 0 Å². The molecular formula is C22H20N2. The van der Waals surface area contributed by atoms with Gasteiger partial charge in [0.1, 0.15) is 5.82 Å². The van der Waals surface area contributed by atoms with Crippen molar-refractivity contribution in [1.82, 2.24) is 9.55 Å². The number of nitrogens with zero attached hydrogens (tertiary/aromatic N) is 2. The van der Waals surface area contributed by atoms with E-state index in [0.29, 0.717) is 0 Å². The third kappa shape index (κ3) is 2.86. The van der Waals surface area contributed by atoms with Crippen LogP contribution < -0.4 is 0 Å². The first-order valence-electron chi connectivity index (χ1n) is 7.92. The summed E-state index contributed by atoms with van der Waals surface area (Å²) in [5.74, 6) is 0.927. The Morgan fingerprint density at radius 3 is 2.50 bits per heavy atom. The van der Waals surface area contributed by atoms with Crippen LogP contribution in [0, 0.1) is 6.92 Å². The first-order chi connectivity index (χ1) is 11.8.